The molecule has 1 aromatic heterocycles. The molecule has 29 heavy (non-hydrogen) atoms. The van der Waals surface area contributed by atoms with Gasteiger partial charge in [-0.3, -0.25) is 14.6 Å². The molecule has 1 N–H and O–H groups in total. The first-order valence-electron chi connectivity index (χ1n) is 9.95. The minimum Gasteiger partial charge on any atom is -0.507 e. The largest absolute Gasteiger partial charge is 0.507 e. The number of hydrogen-bond donors (Lipinski definition) is 1. The number of carbonyl (C=O) groups is 2. The maximum Gasteiger partial charge on any atom is 0.295 e. The highest BCUT2D eigenvalue weighted by molar-refractivity contribution is 6.46. The van der Waals surface area contributed by atoms with Crippen LogP contribution in [0.1, 0.15) is 36.6 Å². The summed E-state index contributed by atoms with van der Waals surface area (Å²) in [6.07, 6.45) is 3.29. The Hall–Kier alpha value is -2.99. The van der Waals surface area contributed by atoms with Gasteiger partial charge in [0, 0.05) is 31.0 Å². The van der Waals surface area contributed by atoms with Crippen LogP contribution >= 0.6 is 0 Å². The average molecular weight is 393 g/mol. The summed E-state index contributed by atoms with van der Waals surface area (Å²) in [5, 5.41) is 11.0. The third-order valence-corrected chi connectivity index (χ3v) is 5.42. The lowest BCUT2D eigenvalue weighted by Crippen LogP contribution is -2.38. The number of benzene rings is 1. The molecule has 1 aliphatic heterocycles. The van der Waals surface area contributed by atoms with Crippen molar-refractivity contribution >= 4 is 17.4 Å². The summed E-state index contributed by atoms with van der Waals surface area (Å²) in [5.41, 5.74) is 2.39. The van der Waals surface area contributed by atoms with E-state index < -0.39 is 17.7 Å². The Balaban J connectivity index is 2.06. The number of aliphatic hydroxyl groups is 1. The van der Waals surface area contributed by atoms with Crippen LogP contribution in [0.3, 0.4) is 0 Å². The number of likely N-dealkylation sites (N-methyl/N-ethyl adjacent to an activating group) is 1. The van der Waals surface area contributed by atoms with Crippen LogP contribution in [0.5, 0.6) is 0 Å². The van der Waals surface area contributed by atoms with Crippen molar-refractivity contribution in [3.8, 4) is 0 Å². The first-order chi connectivity index (χ1) is 14.0. The molecule has 6 nitrogen and oxygen atoms in total. The van der Waals surface area contributed by atoms with Gasteiger partial charge in [0.05, 0.1) is 11.6 Å². The molecule has 0 spiro atoms. The van der Waals surface area contributed by atoms with Gasteiger partial charge in [-0.1, -0.05) is 49.7 Å². The van der Waals surface area contributed by atoms with Crippen molar-refractivity contribution in [2.75, 3.05) is 26.2 Å². The van der Waals surface area contributed by atoms with E-state index in [1.54, 1.807) is 35.5 Å². The van der Waals surface area contributed by atoms with Crippen molar-refractivity contribution in [2.24, 2.45) is 0 Å². The second kappa shape index (κ2) is 9.01. The topological polar surface area (TPSA) is 73.7 Å². The van der Waals surface area contributed by atoms with Crippen molar-refractivity contribution in [3.63, 3.8) is 0 Å². The lowest BCUT2D eigenvalue weighted by atomic mass is 9.96. The normalized spacial score (nSPS) is 18.6. The van der Waals surface area contributed by atoms with Crippen LogP contribution in [0.2, 0.25) is 0 Å². The van der Waals surface area contributed by atoms with E-state index in [1.807, 2.05) is 25.1 Å². The minimum absolute atomic E-state index is 0.117. The quantitative estimate of drug-likeness (QED) is 0.444. The fourth-order valence-corrected chi connectivity index (χ4v) is 3.65. The van der Waals surface area contributed by atoms with E-state index in [-0.39, 0.29) is 11.3 Å². The van der Waals surface area contributed by atoms with Crippen molar-refractivity contribution in [2.45, 2.75) is 26.8 Å². The second-order valence-electron chi connectivity index (χ2n) is 7.17. The van der Waals surface area contributed by atoms with Crippen LogP contribution in [-0.4, -0.2) is 57.8 Å². The number of aromatic nitrogens is 1. The number of carbonyl (C=O) groups excluding carboxylic acids is 2. The van der Waals surface area contributed by atoms with Crippen molar-refractivity contribution in [1.82, 2.24) is 14.8 Å². The van der Waals surface area contributed by atoms with Crippen molar-refractivity contribution in [1.29, 1.82) is 0 Å². The van der Waals surface area contributed by atoms with Crippen LogP contribution in [0.4, 0.5) is 0 Å². The van der Waals surface area contributed by atoms with Gasteiger partial charge in [-0.2, -0.15) is 0 Å². The van der Waals surface area contributed by atoms with E-state index in [9.17, 15) is 14.7 Å². The third-order valence-electron chi connectivity index (χ3n) is 5.42. The summed E-state index contributed by atoms with van der Waals surface area (Å²) in [6.45, 7) is 8.85. The number of aliphatic hydroxyl groups excluding tert-OH is 1. The van der Waals surface area contributed by atoms with Crippen LogP contribution in [0.25, 0.3) is 5.76 Å². The molecule has 0 saturated carbocycles. The van der Waals surface area contributed by atoms with Crippen LogP contribution in [0.15, 0.2) is 54.4 Å². The van der Waals surface area contributed by atoms with Gasteiger partial charge in [0.15, 0.2) is 0 Å². The number of pyridine rings is 1. The zero-order chi connectivity index (χ0) is 21.0. The zero-order valence-electron chi connectivity index (χ0n) is 17.1. The molecule has 2 aromatic rings. The Kier molecular flexibility index (Phi) is 6.44. The Morgan fingerprint density at radius 1 is 1.14 bits per heavy atom. The highest BCUT2D eigenvalue weighted by Crippen LogP contribution is 2.38. The molecular formula is C23H27N3O3. The predicted octanol–water partition coefficient (Wildman–Crippen LogP) is 3.15. The van der Waals surface area contributed by atoms with Crippen LogP contribution < -0.4 is 0 Å². The van der Waals surface area contributed by atoms with E-state index in [0.717, 1.165) is 18.7 Å². The number of aryl methyl sites for hydroxylation is 1. The molecule has 1 aromatic carbocycles. The molecule has 3 rings (SSSR count). The van der Waals surface area contributed by atoms with E-state index in [2.05, 4.69) is 23.7 Å². The number of nitrogens with zero attached hydrogens (tertiary/aromatic N) is 3. The Labute approximate surface area is 171 Å². The molecule has 1 fully saturated rings. The summed E-state index contributed by atoms with van der Waals surface area (Å²) in [6, 6.07) is 10.2. The molecular weight excluding hydrogens is 366 g/mol. The van der Waals surface area contributed by atoms with E-state index in [0.29, 0.717) is 24.2 Å². The summed E-state index contributed by atoms with van der Waals surface area (Å²) in [4.78, 5) is 33.7. The number of ketones is 1. The number of amides is 1. The van der Waals surface area contributed by atoms with Gasteiger partial charge in [0.1, 0.15) is 5.76 Å². The Morgan fingerprint density at radius 2 is 1.83 bits per heavy atom. The molecule has 1 aliphatic rings. The third kappa shape index (κ3) is 4.22. The van der Waals surface area contributed by atoms with Crippen LogP contribution in [0, 0.1) is 6.92 Å². The molecule has 2 heterocycles. The van der Waals surface area contributed by atoms with E-state index in [4.69, 9.17) is 0 Å². The first-order valence-corrected chi connectivity index (χ1v) is 9.95. The van der Waals surface area contributed by atoms with E-state index in [1.165, 1.54) is 0 Å². The second-order valence-corrected chi connectivity index (χ2v) is 7.17. The number of rotatable bonds is 7. The van der Waals surface area contributed by atoms with Gasteiger partial charge in [-0.05, 0) is 31.6 Å². The minimum atomic E-state index is -0.656. The molecule has 0 unspecified atom stereocenters. The van der Waals surface area contributed by atoms with Gasteiger partial charge >= 0.3 is 0 Å². The molecule has 1 atom stereocenters. The number of likely N-dealkylation sites (tertiary alicyclic amines) is 1. The monoisotopic (exact) mass is 393 g/mol. The van der Waals surface area contributed by atoms with Crippen molar-refractivity contribution < 1.29 is 14.7 Å². The summed E-state index contributed by atoms with van der Waals surface area (Å²) in [7, 11) is 0. The molecule has 1 saturated heterocycles. The molecule has 1 amide bonds. The molecule has 0 radical (unpaired) electrons. The fraction of sp³-hybridized carbons (Fsp3) is 0.348. The fourth-order valence-electron chi connectivity index (χ4n) is 3.65. The predicted molar refractivity (Wildman–Crippen MR) is 112 cm³/mol. The smallest absolute Gasteiger partial charge is 0.295 e. The molecule has 0 bridgehead atoms. The lowest BCUT2D eigenvalue weighted by molar-refractivity contribution is -0.140. The van der Waals surface area contributed by atoms with Gasteiger partial charge in [0.2, 0.25) is 0 Å². The van der Waals surface area contributed by atoms with Gasteiger partial charge < -0.3 is 14.9 Å². The maximum atomic E-state index is 12.9. The highest BCUT2D eigenvalue weighted by atomic mass is 16.3. The standard InChI is InChI=1S/C23H27N3O3/c1-4-25(5-2)13-14-26-20(18-7-6-12-24-15-18)19(22(28)23(26)29)21(27)17-10-8-16(3)9-11-17/h6-12,15,20,27H,4-5,13-14H2,1-3H3/b21-19+/t20-/m0/s1. The summed E-state index contributed by atoms with van der Waals surface area (Å²) in [5.74, 6) is -1.39. The zero-order valence-corrected chi connectivity index (χ0v) is 17.1. The van der Waals surface area contributed by atoms with Crippen LogP contribution in [-0.2, 0) is 9.59 Å². The average Bonchev–Trinajstić information content (AvgIpc) is 3.00. The van der Waals surface area contributed by atoms with E-state index >= 15 is 0 Å². The lowest BCUT2D eigenvalue weighted by Gasteiger charge is -2.28. The SMILES string of the molecule is CCN(CC)CCN1C(=O)C(=O)/C(=C(/O)c2ccc(C)cc2)[C@@H]1c1cccnc1. The number of Topliss-reactive ketones (excluding diaryl/α,β-unsaturated/α-hetero) is 1. The van der Waals surface area contributed by atoms with Gasteiger partial charge in [-0.15, -0.1) is 0 Å². The Bertz CT molecular complexity index is 903. The highest BCUT2D eigenvalue weighted by Gasteiger charge is 2.46. The Morgan fingerprint density at radius 3 is 2.41 bits per heavy atom. The maximum absolute atomic E-state index is 12.9. The van der Waals surface area contributed by atoms with Gasteiger partial charge in [0.25, 0.3) is 11.7 Å². The molecule has 0 aliphatic carbocycles. The summed E-state index contributed by atoms with van der Waals surface area (Å²) >= 11 is 0. The summed E-state index contributed by atoms with van der Waals surface area (Å²) < 4.78 is 0. The van der Waals surface area contributed by atoms with Gasteiger partial charge in [-0.25, -0.2) is 0 Å². The molecule has 6 heteroatoms. The molecule has 152 valence electrons. The first kappa shape index (κ1) is 20.7. The number of hydrogen-bond acceptors (Lipinski definition) is 5. The van der Waals surface area contributed by atoms with Crippen molar-refractivity contribution in [3.05, 3.63) is 71.1 Å².